The summed E-state index contributed by atoms with van der Waals surface area (Å²) in [4.78, 5) is 30.7. The van der Waals surface area contributed by atoms with Crippen LogP contribution in [0.1, 0.15) is 20.4 Å². The van der Waals surface area contributed by atoms with Gasteiger partial charge in [-0.3, -0.25) is 4.79 Å². The Bertz CT molecular complexity index is 912. The van der Waals surface area contributed by atoms with Gasteiger partial charge in [-0.05, 0) is 26.0 Å². The summed E-state index contributed by atoms with van der Waals surface area (Å²) >= 11 is 1.47. The molecule has 134 valence electrons. The van der Waals surface area contributed by atoms with Gasteiger partial charge in [-0.25, -0.2) is 15.0 Å². The monoisotopic (exact) mass is 368 g/mol. The summed E-state index contributed by atoms with van der Waals surface area (Å²) in [6.45, 7) is 6.70. The third-order valence-corrected chi connectivity index (χ3v) is 5.56. The minimum absolute atomic E-state index is 0.0865. The van der Waals surface area contributed by atoms with Crippen molar-refractivity contribution in [1.82, 2.24) is 24.4 Å². The summed E-state index contributed by atoms with van der Waals surface area (Å²) in [7, 11) is 0. The second kappa shape index (κ2) is 6.87. The quantitative estimate of drug-likeness (QED) is 0.710. The predicted octanol–water partition coefficient (Wildman–Crippen LogP) is 2.30. The van der Waals surface area contributed by atoms with Gasteiger partial charge >= 0.3 is 0 Å². The molecule has 1 saturated heterocycles. The van der Waals surface area contributed by atoms with Crippen LogP contribution >= 0.6 is 11.3 Å². The minimum atomic E-state index is 0.0865. The summed E-state index contributed by atoms with van der Waals surface area (Å²) < 4.78 is 1.96. The molecule has 1 amide bonds. The van der Waals surface area contributed by atoms with E-state index in [1.165, 1.54) is 11.3 Å². The van der Waals surface area contributed by atoms with Gasteiger partial charge in [0.15, 0.2) is 0 Å². The van der Waals surface area contributed by atoms with E-state index in [9.17, 15) is 4.79 Å². The number of hydrogen-bond acceptors (Lipinski definition) is 6. The zero-order valence-corrected chi connectivity index (χ0v) is 15.6. The largest absolute Gasteiger partial charge is 0.353 e. The Morgan fingerprint density at radius 2 is 1.73 bits per heavy atom. The van der Waals surface area contributed by atoms with Crippen LogP contribution in [-0.2, 0) is 0 Å². The molecule has 0 aliphatic carbocycles. The van der Waals surface area contributed by atoms with Crippen LogP contribution in [0, 0.1) is 13.8 Å². The molecule has 26 heavy (non-hydrogen) atoms. The number of carbonyl (C=O) groups is 1. The molecule has 0 saturated carbocycles. The van der Waals surface area contributed by atoms with Crippen molar-refractivity contribution in [3.63, 3.8) is 0 Å². The Morgan fingerprint density at radius 3 is 2.38 bits per heavy atom. The normalized spacial score (nSPS) is 14.7. The van der Waals surface area contributed by atoms with E-state index in [2.05, 4.69) is 19.9 Å². The van der Waals surface area contributed by atoms with E-state index < -0.39 is 0 Å². The van der Waals surface area contributed by atoms with E-state index in [0.29, 0.717) is 13.1 Å². The van der Waals surface area contributed by atoms with Crippen LogP contribution in [0.3, 0.4) is 0 Å². The molecule has 4 rings (SSSR count). The maximum absolute atomic E-state index is 12.7. The first-order valence-corrected chi connectivity index (χ1v) is 9.37. The Labute approximate surface area is 155 Å². The van der Waals surface area contributed by atoms with Crippen LogP contribution < -0.4 is 4.90 Å². The lowest BCUT2D eigenvalue weighted by atomic mass is 10.2. The van der Waals surface area contributed by atoms with Gasteiger partial charge < -0.3 is 14.4 Å². The van der Waals surface area contributed by atoms with Gasteiger partial charge in [0.25, 0.3) is 5.91 Å². The van der Waals surface area contributed by atoms with Crippen LogP contribution in [0.2, 0.25) is 0 Å². The first-order chi connectivity index (χ1) is 12.6. The lowest BCUT2D eigenvalue weighted by Gasteiger charge is -2.35. The average Bonchev–Trinajstić information content (AvgIpc) is 3.31. The number of aryl methyl sites for hydroxylation is 2. The molecule has 1 fully saturated rings. The molecular formula is C18H20N6OS. The zero-order valence-electron chi connectivity index (χ0n) is 14.8. The molecule has 0 unspecified atom stereocenters. The van der Waals surface area contributed by atoms with E-state index >= 15 is 0 Å². The molecule has 0 spiro atoms. The van der Waals surface area contributed by atoms with Crippen LogP contribution in [0.25, 0.3) is 5.82 Å². The number of rotatable bonds is 3. The van der Waals surface area contributed by atoms with E-state index in [1.54, 1.807) is 6.33 Å². The van der Waals surface area contributed by atoms with E-state index in [0.717, 1.165) is 40.3 Å². The second-order valence-electron chi connectivity index (χ2n) is 6.25. The van der Waals surface area contributed by atoms with Gasteiger partial charge in [0, 0.05) is 44.6 Å². The first-order valence-electron chi connectivity index (χ1n) is 8.55. The molecule has 8 heteroatoms. The molecule has 0 N–H and O–H groups in total. The predicted molar refractivity (Wildman–Crippen MR) is 101 cm³/mol. The molecule has 3 aromatic rings. The van der Waals surface area contributed by atoms with Gasteiger partial charge in [-0.15, -0.1) is 11.3 Å². The topological polar surface area (TPSA) is 67.2 Å². The molecule has 1 aliphatic heterocycles. The highest BCUT2D eigenvalue weighted by molar-refractivity contribution is 7.13. The second-order valence-corrected chi connectivity index (χ2v) is 7.45. The molecule has 0 bridgehead atoms. The summed E-state index contributed by atoms with van der Waals surface area (Å²) in [6, 6.07) is 5.92. The van der Waals surface area contributed by atoms with E-state index in [1.807, 2.05) is 53.9 Å². The van der Waals surface area contributed by atoms with Crippen LogP contribution in [-0.4, -0.2) is 56.5 Å². The number of nitrogens with zero attached hydrogens (tertiary/aromatic N) is 6. The lowest BCUT2D eigenvalue weighted by molar-refractivity contribution is 0.0750. The van der Waals surface area contributed by atoms with Gasteiger partial charge in [0.1, 0.15) is 22.8 Å². The maximum atomic E-state index is 12.7. The van der Waals surface area contributed by atoms with E-state index in [-0.39, 0.29) is 5.91 Å². The number of anilines is 1. The number of hydrogen-bond donors (Lipinski definition) is 0. The third-order valence-electron chi connectivity index (χ3n) is 4.50. The summed E-state index contributed by atoms with van der Waals surface area (Å²) in [5.41, 5.74) is 0.826. The van der Waals surface area contributed by atoms with Crippen molar-refractivity contribution >= 4 is 23.1 Å². The van der Waals surface area contributed by atoms with Crippen LogP contribution in [0.5, 0.6) is 0 Å². The smallest absolute Gasteiger partial charge is 0.265 e. The fourth-order valence-electron chi connectivity index (χ4n) is 3.15. The SMILES string of the molecule is Cc1nc(C)c(C(=O)N2CCN(c3cc(-n4cccc4)ncn3)CC2)s1. The van der Waals surface area contributed by atoms with Gasteiger partial charge in [-0.1, -0.05) is 0 Å². The van der Waals surface area contributed by atoms with Gasteiger partial charge in [-0.2, -0.15) is 0 Å². The molecule has 0 aromatic carbocycles. The minimum Gasteiger partial charge on any atom is -0.353 e. The highest BCUT2D eigenvalue weighted by Gasteiger charge is 2.25. The van der Waals surface area contributed by atoms with Crippen molar-refractivity contribution in [2.24, 2.45) is 0 Å². The van der Waals surface area contributed by atoms with Crippen molar-refractivity contribution in [2.75, 3.05) is 31.1 Å². The first kappa shape index (κ1) is 16.7. The van der Waals surface area contributed by atoms with Crippen LogP contribution in [0.4, 0.5) is 5.82 Å². The van der Waals surface area contributed by atoms with Crippen LogP contribution in [0.15, 0.2) is 36.9 Å². The molecular weight excluding hydrogens is 348 g/mol. The molecule has 1 aliphatic rings. The van der Waals surface area contributed by atoms with Crippen molar-refractivity contribution < 1.29 is 4.79 Å². The van der Waals surface area contributed by atoms with Crippen molar-refractivity contribution in [1.29, 1.82) is 0 Å². The number of piperazine rings is 1. The number of carbonyl (C=O) groups excluding carboxylic acids is 1. The standard InChI is InChI=1S/C18H20N6OS/c1-13-17(26-14(2)21-13)18(25)24-9-7-23(8-10-24)16-11-15(19-12-20-16)22-5-3-4-6-22/h3-6,11-12H,7-10H2,1-2H3. The summed E-state index contributed by atoms with van der Waals surface area (Å²) in [6.07, 6.45) is 5.51. The molecule has 0 atom stereocenters. The lowest BCUT2D eigenvalue weighted by Crippen LogP contribution is -2.49. The Kier molecular flexibility index (Phi) is 4.42. The zero-order chi connectivity index (χ0) is 18.1. The number of amides is 1. The number of thiazole rings is 1. The fraction of sp³-hybridized carbons (Fsp3) is 0.333. The fourth-order valence-corrected chi connectivity index (χ4v) is 4.04. The molecule has 3 aromatic heterocycles. The molecule has 7 nitrogen and oxygen atoms in total. The molecule has 0 radical (unpaired) electrons. The Balaban J connectivity index is 1.45. The summed E-state index contributed by atoms with van der Waals surface area (Å²) in [5.74, 6) is 1.82. The van der Waals surface area contributed by atoms with Gasteiger partial charge in [0.05, 0.1) is 10.7 Å². The highest BCUT2D eigenvalue weighted by atomic mass is 32.1. The maximum Gasteiger partial charge on any atom is 0.265 e. The van der Waals surface area contributed by atoms with E-state index in [4.69, 9.17) is 0 Å². The summed E-state index contributed by atoms with van der Waals surface area (Å²) in [5, 5.41) is 0.933. The van der Waals surface area contributed by atoms with Gasteiger partial charge in [0.2, 0.25) is 0 Å². The molecule has 4 heterocycles. The Morgan fingerprint density at radius 1 is 1.04 bits per heavy atom. The Hall–Kier alpha value is -2.74. The van der Waals surface area contributed by atoms with Crippen molar-refractivity contribution in [3.8, 4) is 5.82 Å². The van der Waals surface area contributed by atoms with Crippen molar-refractivity contribution in [3.05, 3.63) is 52.5 Å². The number of aromatic nitrogens is 4. The average molecular weight is 368 g/mol. The highest BCUT2D eigenvalue weighted by Crippen LogP contribution is 2.21. The van der Waals surface area contributed by atoms with Crippen molar-refractivity contribution in [2.45, 2.75) is 13.8 Å². The third kappa shape index (κ3) is 3.20.